The number of hydrogen-bond acceptors (Lipinski definition) is 4. The Kier molecular flexibility index (Phi) is 2.83. The smallest absolute Gasteiger partial charge is 0.272 e. The predicted octanol–water partition coefficient (Wildman–Crippen LogP) is 2.00. The number of amides is 1. The van der Waals surface area contributed by atoms with Gasteiger partial charge >= 0.3 is 0 Å². The second-order valence-electron chi connectivity index (χ2n) is 4.62. The standard InChI is InChI=1S/C13H13N3OS/c17-12(11-8-15-18-16-11)14-9-13(6-7-13)10-4-2-1-3-5-10/h1-5,8H,6-7,9H2,(H,14,17). The summed E-state index contributed by atoms with van der Waals surface area (Å²) in [6.07, 6.45) is 3.77. The number of nitrogens with one attached hydrogen (secondary N) is 1. The summed E-state index contributed by atoms with van der Waals surface area (Å²) < 4.78 is 7.76. The SMILES string of the molecule is O=C(NCC1(c2ccccc2)CC1)c1cnsn1. The molecular weight excluding hydrogens is 246 g/mol. The van der Waals surface area contributed by atoms with Crippen LogP contribution in [0.1, 0.15) is 28.9 Å². The van der Waals surface area contributed by atoms with Gasteiger partial charge in [0, 0.05) is 12.0 Å². The van der Waals surface area contributed by atoms with E-state index in [1.165, 1.54) is 11.8 Å². The quantitative estimate of drug-likeness (QED) is 0.913. The van der Waals surface area contributed by atoms with E-state index in [0.29, 0.717) is 12.2 Å². The van der Waals surface area contributed by atoms with Crippen LogP contribution in [-0.4, -0.2) is 21.2 Å². The topological polar surface area (TPSA) is 54.9 Å². The molecule has 1 aromatic carbocycles. The van der Waals surface area contributed by atoms with E-state index in [0.717, 1.165) is 24.6 Å². The van der Waals surface area contributed by atoms with E-state index in [4.69, 9.17) is 0 Å². The summed E-state index contributed by atoms with van der Waals surface area (Å²) in [5, 5.41) is 2.95. The highest BCUT2D eigenvalue weighted by molar-refractivity contribution is 6.99. The van der Waals surface area contributed by atoms with Crippen LogP contribution in [0.3, 0.4) is 0 Å². The summed E-state index contributed by atoms with van der Waals surface area (Å²) in [6, 6.07) is 10.4. The fourth-order valence-electron chi connectivity index (χ4n) is 2.11. The van der Waals surface area contributed by atoms with Gasteiger partial charge in [0.1, 0.15) is 0 Å². The molecule has 0 spiro atoms. The van der Waals surface area contributed by atoms with Gasteiger partial charge < -0.3 is 5.32 Å². The molecule has 1 fully saturated rings. The minimum absolute atomic E-state index is 0.133. The Bertz CT molecular complexity index is 535. The zero-order valence-electron chi connectivity index (χ0n) is 9.80. The maximum atomic E-state index is 11.8. The van der Waals surface area contributed by atoms with E-state index < -0.39 is 0 Å². The molecule has 18 heavy (non-hydrogen) atoms. The van der Waals surface area contributed by atoms with E-state index in [-0.39, 0.29) is 11.3 Å². The minimum Gasteiger partial charge on any atom is -0.350 e. The summed E-state index contributed by atoms with van der Waals surface area (Å²) in [5.41, 5.74) is 1.85. The first-order valence-corrected chi connectivity index (χ1v) is 6.64. The monoisotopic (exact) mass is 259 g/mol. The van der Waals surface area contributed by atoms with Crippen molar-refractivity contribution in [3.63, 3.8) is 0 Å². The first kappa shape index (κ1) is 11.3. The fourth-order valence-corrected chi connectivity index (χ4v) is 2.53. The molecule has 2 aromatic rings. The van der Waals surface area contributed by atoms with Gasteiger partial charge in [0.25, 0.3) is 5.91 Å². The molecule has 1 aliphatic carbocycles. The molecule has 4 nitrogen and oxygen atoms in total. The van der Waals surface area contributed by atoms with Crippen LogP contribution in [0.4, 0.5) is 0 Å². The van der Waals surface area contributed by atoms with Gasteiger partial charge in [-0.15, -0.1) is 0 Å². The molecule has 0 bridgehead atoms. The average Bonchev–Trinajstić information content (AvgIpc) is 3.01. The van der Waals surface area contributed by atoms with Crippen molar-refractivity contribution in [3.05, 3.63) is 47.8 Å². The highest BCUT2D eigenvalue weighted by atomic mass is 32.1. The molecule has 1 N–H and O–H groups in total. The molecule has 0 saturated heterocycles. The Morgan fingerprint density at radius 1 is 1.33 bits per heavy atom. The van der Waals surface area contributed by atoms with Crippen LogP contribution in [0, 0.1) is 0 Å². The van der Waals surface area contributed by atoms with Gasteiger partial charge in [0.2, 0.25) is 0 Å². The van der Waals surface area contributed by atoms with Crippen molar-refractivity contribution in [1.29, 1.82) is 0 Å². The lowest BCUT2D eigenvalue weighted by Gasteiger charge is -2.15. The molecule has 0 unspecified atom stereocenters. The van der Waals surface area contributed by atoms with Crippen LogP contribution in [0.25, 0.3) is 0 Å². The Labute approximate surface area is 109 Å². The highest BCUT2D eigenvalue weighted by Crippen LogP contribution is 2.47. The first-order valence-electron chi connectivity index (χ1n) is 5.91. The van der Waals surface area contributed by atoms with Crippen LogP contribution < -0.4 is 5.32 Å². The van der Waals surface area contributed by atoms with Gasteiger partial charge in [-0.2, -0.15) is 8.75 Å². The lowest BCUT2D eigenvalue weighted by Crippen LogP contribution is -2.32. The Morgan fingerprint density at radius 2 is 2.11 bits per heavy atom. The van der Waals surface area contributed by atoms with Crippen LogP contribution >= 0.6 is 11.7 Å². The highest BCUT2D eigenvalue weighted by Gasteiger charge is 2.44. The largest absolute Gasteiger partial charge is 0.350 e. The molecule has 5 heteroatoms. The van der Waals surface area contributed by atoms with E-state index in [1.807, 2.05) is 18.2 Å². The number of rotatable bonds is 4. The maximum Gasteiger partial charge on any atom is 0.272 e. The molecule has 0 aliphatic heterocycles. The normalized spacial score (nSPS) is 16.2. The Balaban J connectivity index is 1.66. The lowest BCUT2D eigenvalue weighted by molar-refractivity contribution is 0.0945. The van der Waals surface area contributed by atoms with Crippen LogP contribution in [0.2, 0.25) is 0 Å². The van der Waals surface area contributed by atoms with Crippen molar-refractivity contribution >= 4 is 17.6 Å². The molecule has 0 atom stereocenters. The molecule has 1 aliphatic rings. The van der Waals surface area contributed by atoms with E-state index >= 15 is 0 Å². The van der Waals surface area contributed by atoms with Gasteiger partial charge in [-0.3, -0.25) is 4.79 Å². The van der Waals surface area contributed by atoms with Gasteiger partial charge in [-0.1, -0.05) is 30.3 Å². The molecule has 1 amide bonds. The zero-order chi connectivity index (χ0) is 12.4. The molecule has 3 rings (SSSR count). The minimum atomic E-state index is -0.133. The van der Waals surface area contributed by atoms with Crippen molar-refractivity contribution in [2.24, 2.45) is 0 Å². The second kappa shape index (κ2) is 4.49. The van der Waals surface area contributed by atoms with Crippen LogP contribution in [0.5, 0.6) is 0 Å². The molecule has 1 aromatic heterocycles. The van der Waals surface area contributed by atoms with E-state index in [1.54, 1.807) is 0 Å². The number of nitrogens with zero attached hydrogens (tertiary/aromatic N) is 2. The van der Waals surface area contributed by atoms with Crippen molar-refractivity contribution in [2.75, 3.05) is 6.54 Å². The number of benzene rings is 1. The molecule has 92 valence electrons. The summed E-state index contributed by atoms with van der Waals surface area (Å²) in [5.74, 6) is -0.133. The third kappa shape index (κ3) is 2.13. The third-order valence-corrected chi connectivity index (χ3v) is 3.90. The third-order valence-electron chi connectivity index (χ3n) is 3.42. The number of carbonyl (C=O) groups is 1. The van der Waals surface area contributed by atoms with Crippen molar-refractivity contribution in [3.8, 4) is 0 Å². The zero-order valence-corrected chi connectivity index (χ0v) is 10.6. The molecule has 1 heterocycles. The number of carbonyl (C=O) groups excluding carboxylic acids is 1. The average molecular weight is 259 g/mol. The van der Waals surface area contributed by atoms with Crippen molar-refractivity contribution < 1.29 is 4.79 Å². The van der Waals surface area contributed by atoms with E-state index in [9.17, 15) is 4.79 Å². The summed E-state index contributed by atoms with van der Waals surface area (Å²) in [6.45, 7) is 0.674. The molecular formula is C13H13N3OS. The number of hydrogen-bond donors (Lipinski definition) is 1. The van der Waals surface area contributed by atoms with Gasteiger partial charge in [0.15, 0.2) is 5.69 Å². The van der Waals surface area contributed by atoms with Crippen molar-refractivity contribution in [2.45, 2.75) is 18.3 Å². The summed E-state index contributed by atoms with van der Waals surface area (Å²) in [4.78, 5) is 11.8. The fraction of sp³-hybridized carbons (Fsp3) is 0.308. The second-order valence-corrected chi connectivity index (χ2v) is 5.18. The van der Waals surface area contributed by atoms with Crippen molar-refractivity contribution in [1.82, 2.24) is 14.1 Å². The van der Waals surface area contributed by atoms with Crippen LogP contribution in [-0.2, 0) is 5.41 Å². The van der Waals surface area contributed by atoms with Gasteiger partial charge in [0.05, 0.1) is 17.9 Å². The predicted molar refractivity (Wildman–Crippen MR) is 69.6 cm³/mol. The maximum absolute atomic E-state index is 11.8. The summed E-state index contributed by atoms with van der Waals surface area (Å²) in [7, 11) is 0. The van der Waals surface area contributed by atoms with Gasteiger partial charge in [-0.05, 0) is 18.4 Å². The van der Waals surface area contributed by atoms with Gasteiger partial charge in [-0.25, -0.2) is 0 Å². The van der Waals surface area contributed by atoms with Crippen LogP contribution in [0.15, 0.2) is 36.5 Å². The lowest BCUT2D eigenvalue weighted by atomic mass is 9.96. The summed E-state index contributed by atoms with van der Waals surface area (Å²) >= 11 is 1.05. The first-order chi connectivity index (χ1) is 8.80. The van der Waals surface area contributed by atoms with E-state index in [2.05, 4.69) is 26.2 Å². The molecule has 0 radical (unpaired) electrons. The Morgan fingerprint density at radius 3 is 2.72 bits per heavy atom. The number of aromatic nitrogens is 2. The Hall–Kier alpha value is -1.75. The molecule has 1 saturated carbocycles.